The van der Waals surface area contributed by atoms with E-state index in [1.807, 2.05) is 21.1 Å². The first-order chi connectivity index (χ1) is 13.8. The molecular weight excluding hydrogens is 389 g/mol. The van der Waals surface area contributed by atoms with E-state index in [-0.39, 0.29) is 11.7 Å². The van der Waals surface area contributed by atoms with Gasteiger partial charge in [0, 0.05) is 32.5 Å². The number of hydrogen-bond donors (Lipinski definition) is 0. The van der Waals surface area contributed by atoms with Crippen LogP contribution in [0.15, 0.2) is 24.5 Å². The molecule has 4 aromatic heterocycles. The Morgan fingerprint density at radius 1 is 1.10 bits per heavy atom. The Hall–Kier alpha value is -3.51. The predicted octanol–water partition coefficient (Wildman–Crippen LogP) is 1.21. The van der Waals surface area contributed by atoms with Crippen molar-refractivity contribution in [3.05, 3.63) is 36.2 Å². The van der Waals surface area contributed by atoms with E-state index in [0.717, 1.165) is 16.2 Å². The third-order valence-electron chi connectivity index (χ3n) is 5.05. The molecule has 5 rings (SSSR count). The Labute approximate surface area is 161 Å². The van der Waals surface area contributed by atoms with Crippen LogP contribution in [0.1, 0.15) is 11.6 Å². The first-order valence-electron chi connectivity index (χ1n) is 8.77. The van der Waals surface area contributed by atoms with Crippen LogP contribution in [-0.2, 0) is 6.18 Å². The predicted molar refractivity (Wildman–Crippen MR) is 95.7 cm³/mol. The van der Waals surface area contributed by atoms with E-state index in [2.05, 4.69) is 30.5 Å². The normalized spacial score (nSPS) is 15.3. The second-order valence-electron chi connectivity index (χ2n) is 6.84. The Bertz CT molecular complexity index is 1210. The van der Waals surface area contributed by atoms with E-state index < -0.39 is 12.0 Å². The molecular formula is C16H15F3N10. The van der Waals surface area contributed by atoms with Gasteiger partial charge in [0.1, 0.15) is 11.6 Å². The molecule has 0 radical (unpaired) electrons. The van der Waals surface area contributed by atoms with Gasteiger partial charge in [-0.15, -0.1) is 25.5 Å². The van der Waals surface area contributed by atoms with E-state index in [9.17, 15) is 13.2 Å². The van der Waals surface area contributed by atoms with Crippen LogP contribution in [0.5, 0.6) is 0 Å². The molecule has 1 aliphatic heterocycles. The van der Waals surface area contributed by atoms with Gasteiger partial charge in [-0.3, -0.25) is 4.40 Å². The lowest BCUT2D eigenvalue weighted by Gasteiger charge is -2.44. The zero-order valence-electron chi connectivity index (χ0n) is 15.4. The molecule has 0 aliphatic carbocycles. The highest BCUT2D eigenvalue weighted by Gasteiger charge is 2.38. The summed E-state index contributed by atoms with van der Waals surface area (Å²) < 4.78 is 41.8. The van der Waals surface area contributed by atoms with E-state index in [1.54, 1.807) is 25.5 Å². The lowest BCUT2D eigenvalue weighted by Crippen LogP contribution is -2.59. The standard InChI is InChI=1S/C16H15F3N10/c1-9-21-23-14-13(20-5-6-28(9)14)27-7-10(8-27)26(2)12-4-3-11-22-24-15(16(17,18)19)29(11)25-12/h3-6,10H,7-8H2,1-2H3. The maximum atomic E-state index is 13.1. The molecule has 0 saturated carbocycles. The Morgan fingerprint density at radius 3 is 2.66 bits per heavy atom. The molecule has 0 bridgehead atoms. The summed E-state index contributed by atoms with van der Waals surface area (Å²) in [5.41, 5.74) is 0.715. The molecule has 1 aliphatic rings. The summed E-state index contributed by atoms with van der Waals surface area (Å²) in [6.07, 6.45) is -1.14. The molecule has 5 heterocycles. The largest absolute Gasteiger partial charge is 0.453 e. The second kappa shape index (κ2) is 5.99. The van der Waals surface area contributed by atoms with Crippen LogP contribution in [0, 0.1) is 6.92 Å². The summed E-state index contributed by atoms with van der Waals surface area (Å²) in [6, 6.07) is 3.16. The molecule has 13 heteroatoms. The molecule has 4 aromatic rings. The van der Waals surface area contributed by atoms with E-state index in [1.165, 1.54) is 6.07 Å². The highest BCUT2D eigenvalue weighted by Crippen LogP contribution is 2.29. The van der Waals surface area contributed by atoms with Crippen LogP contribution in [0.25, 0.3) is 11.3 Å². The molecule has 0 aromatic carbocycles. The summed E-state index contributed by atoms with van der Waals surface area (Å²) in [5.74, 6) is 0.747. The van der Waals surface area contributed by atoms with Gasteiger partial charge in [-0.25, -0.2) is 4.98 Å². The molecule has 0 amide bonds. The van der Waals surface area contributed by atoms with Crippen LogP contribution in [0.3, 0.4) is 0 Å². The van der Waals surface area contributed by atoms with Crippen LogP contribution in [0.2, 0.25) is 0 Å². The van der Waals surface area contributed by atoms with Crippen molar-refractivity contribution in [3.63, 3.8) is 0 Å². The van der Waals surface area contributed by atoms with Gasteiger partial charge in [0.05, 0.1) is 6.04 Å². The quantitative estimate of drug-likeness (QED) is 0.503. The number of hydrogen-bond acceptors (Lipinski definition) is 8. The molecule has 1 saturated heterocycles. The topological polar surface area (TPSA) is 92.6 Å². The summed E-state index contributed by atoms with van der Waals surface area (Å²) in [6.45, 7) is 3.12. The van der Waals surface area contributed by atoms with Crippen molar-refractivity contribution in [2.45, 2.75) is 19.1 Å². The fraction of sp³-hybridized carbons (Fsp3) is 0.375. The highest BCUT2D eigenvalue weighted by molar-refractivity contribution is 5.66. The zero-order valence-corrected chi connectivity index (χ0v) is 15.4. The molecule has 0 N–H and O–H groups in total. The number of aromatic nitrogens is 8. The molecule has 29 heavy (non-hydrogen) atoms. The van der Waals surface area contributed by atoms with Gasteiger partial charge in [-0.1, -0.05) is 0 Å². The van der Waals surface area contributed by atoms with Gasteiger partial charge in [0.25, 0.3) is 5.82 Å². The van der Waals surface area contributed by atoms with Gasteiger partial charge in [-0.2, -0.15) is 17.7 Å². The first kappa shape index (κ1) is 17.6. The van der Waals surface area contributed by atoms with Gasteiger partial charge in [0.2, 0.25) is 5.65 Å². The number of fused-ring (bicyclic) bond motifs is 2. The monoisotopic (exact) mass is 404 g/mol. The molecule has 0 unspecified atom stereocenters. The van der Waals surface area contributed by atoms with E-state index in [4.69, 9.17) is 0 Å². The first-order valence-corrected chi connectivity index (χ1v) is 8.77. The Kier molecular flexibility index (Phi) is 3.63. The van der Waals surface area contributed by atoms with Crippen molar-refractivity contribution in [2.75, 3.05) is 29.9 Å². The number of nitrogens with zero attached hydrogens (tertiary/aromatic N) is 10. The lowest BCUT2D eigenvalue weighted by molar-refractivity contribution is -0.146. The summed E-state index contributed by atoms with van der Waals surface area (Å²) in [4.78, 5) is 8.29. The summed E-state index contributed by atoms with van der Waals surface area (Å²) in [7, 11) is 1.79. The molecule has 10 nitrogen and oxygen atoms in total. The minimum atomic E-state index is -4.63. The van der Waals surface area contributed by atoms with Crippen molar-refractivity contribution < 1.29 is 13.2 Å². The number of aryl methyl sites for hydroxylation is 1. The van der Waals surface area contributed by atoms with E-state index >= 15 is 0 Å². The third-order valence-corrected chi connectivity index (χ3v) is 5.05. The van der Waals surface area contributed by atoms with Gasteiger partial charge in [0.15, 0.2) is 11.5 Å². The van der Waals surface area contributed by atoms with Gasteiger partial charge < -0.3 is 9.80 Å². The second-order valence-corrected chi connectivity index (χ2v) is 6.84. The van der Waals surface area contributed by atoms with Crippen molar-refractivity contribution in [1.82, 2.24) is 39.4 Å². The highest BCUT2D eigenvalue weighted by atomic mass is 19.4. The Morgan fingerprint density at radius 2 is 1.90 bits per heavy atom. The van der Waals surface area contributed by atoms with Gasteiger partial charge >= 0.3 is 6.18 Å². The molecule has 1 fully saturated rings. The van der Waals surface area contributed by atoms with Crippen LogP contribution in [-0.4, -0.2) is 65.6 Å². The molecule has 150 valence electrons. The van der Waals surface area contributed by atoms with Crippen molar-refractivity contribution in [1.29, 1.82) is 0 Å². The fourth-order valence-corrected chi connectivity index (χ4v) is 3.36. The average molecular weight is 404 g/mol. The van der Waals surface area contributed by atoms with Crippen molar-refractivity contribution in [3.8, 4) is 0 Å². The zero-order chi connectivity index (χ0) is 20.3. The maximum absolute atomic E-state index is 13.1. The smallest absolute Gasteiger partial charge is 0.352 e. The SMILES string of the molecule is Cc1nnc2c(N3CC(N(C)c4ccc5nnc(C(F)(F)F)n5n4)C3)nccn12. The third kappa shape index (κ3) is 2.72. The van der Waals surface area contributed by atoms with Crippen molar-refractivity contribution >= 4 is 22.9 Å². The fourth-order valence-electron chi connectivity index (χ4n) is 3.36. The summed E-state index contributed by atoms with van der Waals surface area (Å²) >= 11 is 0. The average Bonchev–Trinajstić information content (AvgIpc) is 3.24. The number of halogens is 3. The molecule has 0 atom stereocenters. The minimum absolute atomic E-state index is 0.0442. The number of anilines is 2. The number of alkyl halides is 3. The van der Waals surface area contributed by atoms with E-state index in [0.29, 0.717) is 24.6 Å². The molecule has 0 spiro atoms. The van der Waals surface area contributed by atoms with Gasteiger partial charge in [-0.05, 0) is 19.1 Å². The Balaban J connectivity index is 1.38. The number of likely N-dealkylation sites (N-methyl/N-ethyl adjacent to an activating group) is 1. The maximum Gasteiger partial charge on any atom is 0.453 e. The van der Waals surface area contributed by atoms with Crippen LogP contribution < -0.4 is 9.80 Å². The van der Waals surface area contributed by atoms with Crippen molar-refractivity contribution in [2.24, 2.45) is 0 Å². The van der Waals surface area contributed by atoms with Crippen LogP contribution in [0.4, 0.5) is 24.8 Å². The lowest BCUT2D eigenvalue weighted by atomic mass is 10.1. The number of rotatable bonds is 3. The van der Waals surface area contributed by atoms with Crippen LogP contribution >= 0.6 is 0 Å². The minimum Gasteiger partial charge on any atom is -0.352 e. The summed E-state index contributed by atoms with van der Waals surface area (Å²) in [5, 5.41) is 19.1.